The highest BCUT2D eigenvalue weighted by atomic mass is 16.5. The Morgan fingerprint density at radius 3 is 2.38 bits per heavy atom. The predicted molar refractivity (Wildman–Crippen MR) is 130 cm³/mol. The van der Waals surface area contributed by atoms with E-state index in [1.54, 1.807) is 49.6 Å². The van der Waals surface area contributed by atoms with Crippen LogP contribution in [-0.2, 0) is 19.9 Å². The fourth-order valence-corrected chi connectivity index (χ4v) is 4.66. The zero-order valence-electron chi connectivity index (χ0n) is 20.3. The molecule has 3 N–H and O–H groups in total. The van der Waals surface area contributed by atoms with Crippen LogP contribution in [-0.4, -0.2) is 48.7 Å². The first-order valence-corrected chi connectivity index (χ1v) is 11.4. The van der Waals surface area contributed by atoms with Gasteiger partial charge in [0.25, 0.3) is 5.91 Å². The number of carbonyl (C=O) groups excluding carboxylic acids is 1. The molecule has 1 amide bonds. The fourth-order valence-electron chi connectivity index (χ4n) is 4.66. The Labute approximate surface area is 200 Å². The first-order chi connectivity index (χ1) is 16.0. The molecule has 0 radical (unpaired) electrons. The summed E-state index contributed by atoms with van der Waals surface area (Å²) in [7, 11) is 2.90. The van der Waals surface area contributed by atoms with Gasteiger partial charge in [-0.3, -0.25) is 4.79 Å². The molecule has 2 aliphatic heterocycles. The van der Waals surface area contributed by atoms with E-state index in [1.807, 2.05) is 13.0 Å². The van der Waals surface area contributed by atoms with Gasteiger partial charge in [-0.15, -0.1) is 0 Å². The number of hydrogen-bond acceptors (Lipinski definition) is 6. The Morgan fingerprint density at radius 1 is 1.09 bits per heavy atom. The second-order valence-corrected chi connectivity index (χ2v) is 10.1. The Kier molecular flexibility index (Phi) is 6.23. The van der Waals surface area contributed by atoms with Gasteiger partial charge in [0.1, 0.15) is 11.5 Å². The smallest absolute Gasteiger partial charge is 0.257 e. The maximum atomic E-state index is 12.8. The van der Waals surface area contributed by atoms with E-state index in [0.717, 1.165) is 12.8 Å². The van der Waals surface area contributed by atoms with Crippen LogP contribution in [0.2, 0.25) is 0 Å². The van der Waals surface area contributed by atoms with Gasteiger partial charge in [-0.25, -0.2) is 0 Å². The van der Waals surface area contributed by atoms with Crippen molar-refractivity contribution in [2.45, 2.75) is 50.9 Å². The van der Waals surface area contributed by atoms with E-state index in [-0.39, 0.29) is 16.7 Å². The van der Waals surface area contributed by atoms with Crippen molar-refractivity contribution < 1.29 is 29.2 Å². The fraction of sp³-hybridized carbons (Fsp3) is 0.444. The number of rotatable bonds is 5. The molecule has 0 unspecified atom stereocenters. The minimum Gasteiger partial charge on any atom is -0.507 e. The van der Waals surface area contributed by atoms with Crippen LogP contribution in [0.5, 0.6) is 11.5 Å². The lowest BCUT2D eigenvalue weighted by Crippen LogP contribution is -2.52. The van der Waals surface area contributed by atoms with Crippen molar-refractivity contribution in [2.75, 3.05) is 26.1 Å². The average molecular weight is 468 g/mol. The molecule has 2 aromatic rings. The highest BCUT2D eigenvalue weighted by molar-refractivity contribution is 6.00. The van der Waals surface area contributed by atoms with Crippen LogP contribution in [0.3, 0.4) is 0 Å². The average Bonchev–Trinajstić information content (AvgIpc) is 2.81. The molecular weight excluding hydrogens is 434 g/mol. The molecule has 0 bridgehead atoms. The summed E-state index contributed by atoms with van der Waals surface area (Å²) >= 11 is 0. The van der Waals surface area contributed by atoms with E-state index in [1.165, 1.54) is 7.11 Å². The molecule has 34 heavy (non-hydrogen) atoms. The van der Waals surface area contributed by atoms with Crippen LogP contribution in [0.1, 0.15) is 50.3 Å². The maximum absolute atomic E-state index is 12.8. The number of hydrogen-bond donors (Lipinski definition) is 3. The Balaban J connectivity index is 1.78. The van der Waals surface area contributed by atoms with Crippen molar-refractivity contribution in [3.05, 3.63) is 59.2 Å². The summed E-state index contributed by atoms with van der Waals surface area (Å²) in [5, 5.41) is 26.1. The SMILES string of the molecule is COc1ccc([C@@]2(O)c3c(ccc(C=C[C@@]4(C)CCC(C)(C)CO4)c3O)NC(=O)[C@@H]2OC)cc1. The number of anilines is 1. The molecule has 1 fully saturated rings. The molecule has 0 aliphatic carbocycles. The van der Waals surface area contributed by atoms with Crippen LogP contribution in [0.15, 0.2) is 42.5 Å². The minimum atomic E-state index is -1.91. The van der Waals surface area contributed by atoms with Gasteiger partial charge in [-0.1, -0.05) is 38.1 Å². The molecular formula is C27H33NO6. The molecule has 2 aromatic carbocycles. The first-order valence-electron chi connectivity index (χ1n) is 11.4. The number of phenols is 1. The lowest BCUT2D eigenvalue weighted by molar-refractivity contribution is -0.142. The summed E-state index contributed by atoms with van der Waals surface area (Å²) in [6.07, 6.45) is 4.38. The normalized spacial score (nSPS) is 28.4. The van der Waals surface area contributed by atoms with Crippen molar-refractivity contribution in [1.82, 2.24) is 0 Å². The molecule has 7 nitrogen and oxygen atoms in total. The van der Waals surface area contributed by atoms with Crippen molar-refractivity contribution in [3.63, 3.8) is 0 Å². The number of aromatic hydroxyl groups is 1. The predicted octanol–water partition coefficient (Wildman–Crippen LogP) is 4.21. The molecule has 0 saturated carbocycles. The molecule has 1 saturated heterocycles. The van der Waals surface area contributed by atoms with Crippen LogP contribution in [0.25, 0.3) is 6.08 Å². The van der Waals surface area contributed by atoms with Crippen molar-refractivity contribution in [1.29, 1.82) is 0 Å². The summed E-state index contributed by atoms with van der Waals surface area (Å²) < 4.78 is 16.8. The second-order valence-electron chi connectivity index (χ2n) is 10.1. The van der Waals surface area contributed by atoms with E-state index in [4.69, 9.17) is 14.2 Å². The number of carbonyl (C=O) groups is 1. The summed E-state index contributed by atoms with van der Waals surface area (Å²) in [4.78, 5) is 12.8. The van der Waals surface area contributed by atoms with Crippen molar-refractivity contribution >= 4 is 17.7 Å². The van der Waals surface area contributed by atoms with Crippen LogP contribution in [0.4, 0.5) is 5.69 Å². The van der Waals surface area contributed by atoms with Gasteiger partial charge in [0.15, 0.2) is 11.7 Å². The van der Waals surface area contributed by atoms with E-state index in [2.05, 4.69) is 19.2 Å². The monoisotopic (exact) mass is 467 g/mol. The van der Waals surface area contributed by atoms with Gasteiger partial charge in [0, 0.05) is 12.7 Å². The van der Waals surface area contributed by atoms with Gasteiger partial charge in [0.2, 0.25) is 0 Å². The molecule has 0 aromatic heterocycles. The number of ether oxygens (including phenoxy) is 3. The summed E-state index contributed by atoms with van der Waals surface area (Å²) in [5.74, 6) is -0.0257. The number of fused-ring (bicyclic) bond motifs is 1. The van der Waals surface area contributed by atoms with E-state index in [9.17, 15) is 15.0 Å². The molecule has 2 heterocycles. The van der Waals surface area contributed by atoms with Gasteiger partial charge in [0.05, 0.1) is 30.6 Å². The number of benzene rings is 2. The third-order valence-electron chi connectivity index (χ3n) is 6.94. The van der Waals surface area contributed by atoms with Crippen molar-refractivity contribution in [2.24, 2.45) is 5.41 Å². The summed E-state index contributed by atoms with van der Waals surface area (Å²) in [6.45, 7) is 7.06. The standard InChI is InChI=1S/C27H33NO6/c1-25(2)14-15-26(3,34-16-25)13-12-17-6-11-20-21(22(17)29)27(31,23(33-5)24(30)28-20)18-7-9-19(32-4)10-8-18/h6-13,23,29,31H,14-16H2,1-5H3,(H,28,30)/t23-,26-,27+/m0/s1. The largest absolute Gasteiger partial charge is 0.507 e. The van der Waals surface area contributed by atoms with Gasteiger partial charge >= 0.3 is 0 Å². The molecule has 4 rings (SSSR count). The number of amides is 1. The second kappa shape index (κ2) is 8.73. The summed E-state index contributed by atoms with van der Waals surface area (Å²) in [6, 6.07) is 10.1. The first kappa shape index (κ1) is 24.3. The lowest BCUT2D eigenvalue weighted by atomic mass is 9.76. The minimum absolute atomic E-state index is 0.131. The molecule has 3 atom stereocenters. The Hall–Kier alpha value is -2.87. The Bertz CT molecular complexity index is 1100. The number of phenolic OH excluding ortho intramolecular Hbond substituents is 1. The number of aliphatic hydroxyl groups is 1. The zero-order chi connectivity index (χ0) is 24.7. The molecule has 2 aliphatic rings. The van der Waals surface area contributed by atoms with E-state index in [0.29, 0.717) is 29.2 Å². The third-order valence-corrected chi connectivity index (χ3v) is 6.94. The van der Waals surface area contributed by atoms with E-state index < -0.39 is 23.2 Å². The van der Waals surface area contributed by atoms with Crippen LogP contribution in [0, 0.1) is 5.41 Å². The van der Waals surface area contributed by atoms with Crippen molar-refractivity contribution in [3.8, 4) is 11.5 Å². The highest BCUT2D eigenvalue weighted by Crippen LogP contribution is 2.48. The van der Waals surface area contributed by atoms with Gasteiger partial charge in [-0.2, -0.15) is 0 Å². The Morgan fingerprint density at radius 2 is 1.79 bits per heavy atom. The molecule has 0 spiro atoms. The highest BCUT2D eigenvalue weighted by Gasteiger charge is 2.51. The van der Waals surface area contributed by atoms with Gasteiger partial charge in [-0.05, 0) is 55.0 Å². The lowest BCUT2D eigenvalue weighted by Gasteiger charge is -2.41. The zero-order valence-corrected chi connectivity index (χ0v) is 20.3. The number of methoxy groups -OCH3 is 2. The van der Waals surface area contributed by atoms with Crippen LogP contribution < -0.4 is 10.1 Å². The summed E-state index contributed by atoms with van der Waals surface area (Å²) in [5.41, 5.74) is -0.808. The maximum Gasteiger partial charge on any atom is 0.257 e. The quantitative estimate of drug-likeness (QED) is 0.610. The number of nitrogens with one attached hydrogen (secondary N) is 1. The molecule has 182 valence electrons. The van der Waals surface area contributed by atoms with E-state index >= 15 is 0 Å². The topological polar surface area (TPSA) is 97.3 Å². The molecule has 7 heteroatoms. The van der Waals surface area contributed by atoms with Crippen LogP contribution >= 0.6 is 0 Å². The van der Waals surface area contributed by atoms with Gasteiger partial charge < -0.3 is 29.7 Å². The third kappa shape index (κ3) is 4.19.